The van der Waals surface area contributed by atoms with Gasteiger partial charge in [0.05, 0.1) is 16.4 Å². The summed E-state index contributed by atoms with van der Waals surface area (Å²) in [6, 6.07) is 3.77. The smallest absolute Gasteiger partial charge is 0.142 e. The van der Waals surface area contributed by atoms with Crippen LogP contribution in [0, 0.1) is 0 Å². The highest BCUT2D eigenvalue weighted by molar-refractivity contribution is 7.15. The van der Waals surface area contributed by atoms with Gasteiger partial charge < -0.3 is 5.32 Å². The molecule has 0 amide bonds. The van der Waals surface area contributed by atoms with Crippen molar-refractivity contribution in [1.29, 1.82) is 0 Å². The highest BCUT2D eigenvalue weighted by atomic mass is 35.5. The zero-order valence-corrected chi connectivity index (χ0v) is 10.1. The minimum Gasteiger partial charge on any atom is -0.311 e. The van der Waals surface area contributed by atoms with E-state index in [4.69, 9.17) is 11.6 Å². The Morgan fingerprint density at radius 2 is 2.31 bits per heavy atom. The Morgan fingerprint density at radius 1 is 1.38 bits per heavy atom. The number of nitrogens with zero attached hydrogens (tertiary/aromatic N) is 2. The number of nitrogens with one attached hydrogen (secondary N) is 1. The number of fused-ring (bicyclic) bond motifs is 1. The molecule has 0 aliphatic carbocycles. The van der Waals surface area contributed by atoms with Crippen molar-refractivity contribution in [2.45, 2.75) is 13.0 Å². The van der Waals surface area contributed by atoms with E-state index < -0.39 is 0 Å². The van der Waals surface area contributed by atoms with Gasteiger partial charge in [0.15, 0.2) is 0 Å². The third-order valence-electron chi connectivity index (χ3n) is 2.55. The van der Waals surface area contributed by atoms with Crippen LogP contribution in [0.1, 0.15) is 10.6 Å². The SMILES string of the molecule is Clc1ccc(-c2nc3c(s2)CNCC3)nc1. The van der Waals surface area contributed by atoms with E-state index in [0.717, 1.165) is 30.2 Å². The van der Waals surface area contributed by atoms with Crippen LogP contribution in [-0.4, -0.2) is 16.5 Å². The lowest BCUT2D eigenvalue weighted by Crippen LogP contribution is -2.22. The van der Waals surface area contributed by atoms with Gasteiger partial charge >= 0.3 is 0 Å². The van der Waals surface area contributed by atoms with Gasteiger partial charge in [-0.1, -0.05) is 11.6 Å². The van der Waals surface area contributed by atoms with Crippen LogP contribution in [0.4, 0.5) is 0 Å². The van der Waals surface area contributed by atoms with E-state index in [1.54, 1.807) is 17.5 Å². The van der Waals surface area contributed by atoms with Gasteiger partial charge in [0, 0.05) is 30.6 Å². The molecule has 0 fully saturated rings. The number of hydrogen-bond acceptors (Lipinski definition) is 4. The fraction of sp³-hybridized carbons (Fsp3) is 0.273. The summed E-state index contributed by atoms with van der Waals surface area (Å²) in [5.41, 5.74) is 2.12. The molecule has 3 rings (SSSR count). The molecule has 0 radical (unpaired) electrons. The van der Waals surface area contributed by atoms with E-state index in [0.29, 0.717) is 5.02 Å². The first-order chi connectivity index (χ1) is 7.83. The lowest BCUT2D eigenvalue weighted by molar-refractivity contribution is 0.644. The molecular formula is C11H10ClN3S. The fourth-order valence-electron chi connectivity index (χ4n) is 1.74. The summed E-state index contributed by atoms with van der Waals surface area (Å²) < 4.78 is 0. The predicted octanol–water partition coefficient (Wildman–Crippen LogP) is 2.50. The van der Waals surface area contributed by atoms with Crippen molar-refractivity contribution in [2.75, 3.05) is 6.54 Å². The minimum atomic E-state index is 0.659. The Kier molecular flexibility index (Phi) is 2.63. The van der Waals surface area contributed by atoms with Gasteiger partial charge in [-0.25, -0.2) is 4.98 Å². The molecule has 0 spiro atoms. The van der Waals surface area contributed by atoms with Crippen LogP contribution in [-0.2, 0) is 13.0 Å². The van der Waals surface area contributed by atoms with E-state index in [-0.39, 0.29) is 0 Å². The van der Waals surface area contributed by atoms with E-state index in [9.17, 15) is 0 Å². The van der Waals surface area contributed by atoms with Gasteiger partial charge in [-0.05, 0) is 12.1 Å². The minimum absolute atomic E-state index is 0.659. The zero-order chi connectivity index (χ0) is 11.0. The summed E-state index contributed by atoms with van der Waals surface area (Å²) in [7, 11) is 0. The number of hydrogen-bond donors (Lipinski definition) is 1. The van der Waals surface area contributed by atoms with Gasteiger partial charge in [-0.15, -0.1) is 11.3 Å². The summed E-state index contributed by atoms with van der Waals surface area (Å²) >= 11 is 7.53. The molecule has 0 unspecified atom stereocenters. The maximum absolute atomic E-state index is 5.81. The van der Waals surface area contributed by atoms with Gasteiger partial charge in [-0.3, -0.25) is 4.98 Å². The standard InChI is InChI=1S/C11H10ClN3S/c12-7-1-2-9(14-5-7)11-15-8-3-4-13-6-10(8)16-11/h1-2,5,13H,3-4,6H2. The molecule has 1 aliphatic heterocycles. The van der Waals surface area contributed by atoms with Gasteiger partial charge in [0.1, 0.15) is 5.01 Å². The Balaban J connectivity index is 2.00. The van der Waals surface area contributed by atoms with Crippen molar-refractivity contribution in [3.63, 3.8) is 0 Å². The van der Waals surface area contributed by atoms with Crippen LogP contribution in [0.15, 0.2) is 18.3 Å². The van der Waals surface area contributed by atoms with Gasteiger partial charge in [-0.2, -0.15) is 0 Å². The normalized spacial score (nSPS) is 14.8. The zero-order valence-electron chi connectivity index (χ0n) is 8.53. The number of halogens is 1. The monoisotopic (exact) mass is 251 g/mol. The molecule has 0 aromatic carbocycles. The summed E-state index contributed by atoms with van der Waals surface area (Å²) in [5, 5.41) is 4.99. The van der Waals surface area contributed by atoms with Crippen molar-refractivity contribution in [3.05, 3.63) is 33.9 Å². The average Bonchev–Trinajstić information content (AvgIpc) is 2.73. The van der Waals surface area contributed by atoms with Crippen molar-refractivity contribution in [3.8, 4) is 10.7 Å². The Morgan fingerprint density at radius 3 is 3.06 bits per heavy atom. The summed E-state index contributed by atoms with van der Waals surface area (Å²) in [4.78, 5) is 10.2. The van der Waals surface area contributed by atoms with Crippen molar-refractivity contribution in [2.24, 2.45) is 0 Å². The lowest BCUT2D eigenvalue weighted by atomic mass is 10.2. The second-order valence-electron chi connectivity index (χ2n) is 3.68. The Bertz CT molecular complexity index is 483. The third-order valence-corrected chi connectivity index (χ3v) is 3.89. The maximum Gasteiger partial charge on any atom is 0.142 e. The number of pyridine rings is 1. The summed E-state index contributed by atoms with van der Waals surface area (Å²) in [5.74, 6) is 0. The number of thiazole rings is 1. The molecule has 3 heterocycles. The maximum atomic E-state index is 5.81. The first-order valence-corrected chi connectivity index (χ1v) is 6.33. The molecule has 1 aliphatic rings. The molecule has 82 valence electrons. The van der Waals surface area contributed by atoms with Crippen molar-refractivity contribution < 1.29 is 0 Å². The molecule has 2 aromatic heterocycles. The van der Waals surface area contributed by atoms with E-state index >= 15 is 0 Å². The second-order valence-corrected chi connectivity index (χ2v) is 5.20. The summed E-state index contributed by atoms with van der Waals surface area (Å²) in [6.45, 7) is 1.95. The highest BCUT2D eigenvalue weighted by Crippen LogP contribution is 2.28. The molecule has 0 bridgehead atoms. The number of aromatic nitrogens is 2. The van der Waals surface area contributed by atoms with Gasteiger partial charge in [0.25, 0.3) is 0 Å². The van der Waals surface area contributed by atoms with Crippen LogP contribution in [0.3, 0.4) is 0 Å². The first-order valence-electron chi connectivity index (χ1n) is 5.14. The van der Waals surface area contributed by atoms with Crippen LogP contribution >= 0.6 is 22.9 Å². The molecule has 0 saturated carbocycles. The summed E-state index contributed by atoms with van der Waals surface area (Å²) in [6.07, 6.45) is 2.68. The van der Waals surface area contributed by atoms with E-state index in [2.05, 4.69) is 15.3 Å². The second kappa shape index (κ2) is 4.13. The van der Waals surface area contributed by atoms with E-state index in [1.165, 1.54) is 10.6 Å². The first kappa shape index (κ1) is 10.2. The van der Waals surface area contributed by atoms with Crippen LogP contribution in [0.25, 0.3) is 10.7 Å². The largest absolute Gasteiger partial charge is 0.311 e. The Labute approximate surface area is 103 Å². The van der Waals surface area contributed by atoms with Crippen molar-refractivity contribution in [1.82, 2.24) is 15.3 Å². The van der Waals surface area contributed by atoms with Crippen LogP contribution < -0.4 is 5.32 Å². The molecule has 5 heteroatoms. The molecule has 0 atom stereocenters. The van der Waals surface area contributed by atoms with Gasteiger partial charge in [0.2, 0.25) is 0 Å². The Hall–Kier alpha value is -0.970. The topological polar surface area (TPSA) is 37.8 Å². The van der Waals surface area contributed by atoms with Crippen LogP contribution in [0.5, 0.6) is 0 Å². The van der Waals surface area contributed by atoms with E-state index in [1.807, 2.05) is 12.1 Å². The fourth-order valence-corrected chi connectivity index (χ4v) is 2.90. The molecule has 2 aromatic rings. The van der Waals surface area contributed by atoms with Crippen LogP contribution in [0.2, 0.25) is 5.02 Å². The molecular weight excluding hydrogens is 242 g/mol. The lowest BCUT2D eigenvalue weighted by Gasteiger charge is -2.09. The third kappa shape index (κ3) is 1.84. The highest BCUT2D eigenvalue weighted by Gasteiger charge is 2.15. The van der Waals surface area contributed by atoms with Crippen molar-refractivity contribution >= 4 is 22.9 Å². The molecule has 0 saturated heterocycles. The molecule has 16 heavy (non-hydrogen) atoms. The number of rotatable bonds is 1. The average molecular weight is 252 g/mol. The predicted molar refractivity (Wildman–Crippen MR) is 65.8 cm³/mol. The quantitative estimate of drug-likeness (QED) is 0.846. The molecule has 3 nitrogen and oxygen atoms in total. The molecule has 1 N–H and O–H groups in total.